The van der Waals surface area contributed by atoms with Crippen LogP contribution in [0.25, 0.3) is 11.1 Å². The van der Waals surface area contributed by atoms with Gasteiger partial charge in [-0.3, -0.25) is 4.79 Å². The summed E-state index contributed by atoms with van der Waals surface area (Å²) in [6.45, 7) is 0. The van der Waals surface area contributed by atoms with Gasteiger partial charge in [0.05, 0.1) is 13.5 Å². The maximum absolute atomic E-state index is 13.8. The summed E-state index contributed by atoms with van der Waals surface area (Å²) in [5, 5.41) is 2.57. The maximum Gasteiger partial charge on any atom is 0.224 e. The molecule has 1 N–H and O–H groups in total. The van der Waals surface area contributed by atoms with Crippen molar-refractivity contribution in [2.24, 2.45) is 0 Å². The average molecular weight is 273 g/mol. The van der Waals surface area contributed by atoms with Gasteiger partial charge >= 0.3 is 0 Å². The van der Waals surface area contributed by atoms with E-state index in [-0.39, 0.29) is 11.7 Å². The molecule has 0 atom stereocenters. The van der Waals surface area contributed by atoms with E-state index in [1.807, 2.05) is 12.1 Å². The Labute approximate surface area is 117 Å². The molecule has 4 heteroatoms. The third-order valence-electron chi connectivity index (χ3n) is 3.08. The van der Waals surface area contributed by atoms with E-state index in [1.165, 1.54) is 6.07 Å². The zero-order valence-electron chi connectivity index (χ0n) is 11.4. The summed E-state index contributed by atoms with van der Waals surface area (Å²) in [7, 11) is 3.14. The van der Waals surface area contributed by atoms with Gasteiger partial charge in [-0.05, 0) is 29.3 Å². The van der Waals surface area contributed by atoms with E-state index >= 15 is 0 Å². The molecular formula is C16H16FNO2. The second-order valence-electron chi connectivity index (χ2n) is 4.39. The fourth-order valence-electron chi connectivity index (χ4n) is 1.93. The molecule has 0 heterocycles. The number of halogens is 1. The van der Waals surface area contributed by atoms with Crippen molar-refractivity contribution in [3.63, 3.8) is 0 Å². The van der Waals surface area contributed by atoms with E-state index in [0.29, 0.717) is 17.7 Å². The Balaban J connectivity index is 2.28. The Morgan fingerprint density at radius 3 is 2.50 bits per heavy atom. The van der Waals surface area contributed by atoms with Crippen LogP contribution in [0.2, 0.25) is 0 Å². The highest BCUT2D eigenvalue weighted by Gasteiger charge is 2.07. The fourth-order valence-corrected chi connectivity index (χ4v) is 1.93. The minimum Gasteiger partial charge on any atom is -0.497 e. The maximum atomic E-state index is 13.8. The van der Waals surface area contributed by atoms with Crippen molar-refractivity contribution in [2.45, 2.75) is 6.42 Å². The van der Waals surface area contributed by atoms with E-state index in [4.69, 9.17) is 4.74 Å². The highest BCUT2D eigenvalue weighted by molar-refractivity contribution is 5.78. The number of hydrogen-bond acceptors (Lipinski definition) is 2. The number of benzene rings is 2. The van der Waals surface area contributed by atoms with E-state index in [0.717, 1.165) is 11.1 Å². The molecule has 3 nitrogen and oxygen atoms in total. The second-order valence-corrected chi connectivity index (χ2v) is 4.39. The lowest BCUT2D eigenvalue weighted by Crippen LogP contribution is -2.19. The van der Waals surface area contributed by atoms with Crippen molar-refractivity contribution in [3.05, 3.63) is 53.8 Å². The summed E-state index contributed by atoms with van der Waals surface area (Å²) in [5.74, 6) is 0.256. The van der Waals surface area contributed by atoms with E-state index in [1.54, 1.807) is 38.4 Å². The van der Waals surface area contributed by atoms with Gasteiger partial charge in [0.15, 0.2) is 0 Å². The van der Waals surface area contributed by atoms with E-state index in [9.17, 15) is 9.18 Å². The molecule has 104 valence electrons. The fraction of sp³-hybridized carbons (Fsp3) is 0.188. The lowest BCUT2D eigenvalue weighted by atomic mass is 10.0. The van der Waals surface area contributed by atoms with Crippen LogP contribution < -0.4 is 10.1 Å². The Hall–Kier alpha value is -2.36. The molecule has 0 fully saturated rings. The first kappa shape index (κ1) is 14.1. The van der Waals surface area contributed by atoms with Gasteiger partial charge in [-0.15, -0.1) is 0 Å². The van der Waals surface area contributed by atoms with Crippen molar-refractivity contribution in [2.75, 3.05) is 14.2 Å². The third kappa shape index (κ3) is 3.15. The zero-order chi connectivity index (χ0) is 14.5. The van der Waals surface area contributed by atoms with Gasteiger partial charge < -0.3 is 10.1 Å². The first-order valence-corrected chi connectivity index (χ1v) is 6.27. The van der Waals surface area contributed by atoms with Crippen LogP contribution in [0.1, 0.15) is 5.56 Å². The number of carbonyl (C=O) groups excluding carboxylic acids is 1. The highest BCUT2D eigenvalue weighted by atomic mass is 19.1. The number of amides is 1. The molecule has 2 rings (SSSR count). The molecule has 0 saturated carbocycles. The summed E-state index contributed by atoms with van der Waals surface area (Å²) in [6.07, 6.45) is 0.317. The van der Waals surface area contributed by atoms with Crippen molar-refractivity contribution < 1.29 is 13.9 Å². The lowest BCUT2D eigenvalue weighted by molar-refractivity contribution is -0.119. The number of ether oxygens (including phenoxy) is 1. The summed E-state index contributed by atoms with van der Waals surface area (Å²) >= 11 is 0. The molecule has 0 aliphatic rings. The van der Waals surface area contributed by atoms with Crippen molar-refractivity contribution in [3.8, 4) is 16.9 Å². The van der Waals surface area contributed by atoms with Gasteiger partial charge in [0.2, 0.25) is 5.91 Å². The summed E-state index contributed by atoms with van der Waals surface area (Å²) in [6, 6.07) is 11.9. The van der Waals surface area contributed by atoms with Crippen LogP contribution in [0, 0.1) is 5.82 Å². The van der Waals surface area contributed by atoms with Crippen molar-refractivity contribution >= 4 is 5.91 Å². The van der Waals surface area contributed by atoms with Gasteiger partial charge in [0.1, 0.15) is 11.6 Å². The number of methoxy groups -OCH3 is 1. The van der Waals surface area contributed by atoms with Crippen molar-refractivity contribution in [1.82, 2.24) is 5.32 Å². The van der Waals surface area contributed by atoms with Crippen LogP contribution in [0.3, 0.4) is 0 Å². The van der Waals surface area contributed by atoms with Gasteiger partial charge in [-0.25, -0.2) is 4.39 Å². The largest absolute Gasteiger partial charge is 0.497 e. The Bertz CT molecular complexity index is 608. The highest BCUT2D eigenvalue weighted by Crippen LogP contribution is 2.27. The minimum atomic E-state index is -0.301. The standard InChI is InChI=1S/C16H16FNO2/c1-18-16(19)9-11-3-5-12(6-4-11)14-10-13(20-2)7-8-15(14)17/h3-8,10H,9H2,1-2H3,(H,18,19). The molecule has 20 heavy (non-hydrogen) atoms. The summed E-state index contributed by atoms with van der Waals surface area (Å²) in [5.41, 5.74) is 2.12. The molecule has 0 aliphatic carbocycles. The quantitative estimate of drug-likeness (QED) is 0.930. The molecule has 2 aromatic rings. The Morgan fingerprint density at radius 2 is 1.90 bits per heavy atom. The monoisotopic (exact) mass is 273 g/mol. The van der Waals surface area contributed by atoms with Crippen LogP contribution in [0.4, 0.5) is 4.39 Å². The molecule has 0 spiro atoms. The normalized spacial score (nSPS) is 10.2. The van der Waals surface area contributed by atoms with Crippen LogP contribution in [0.5, 0.6) is 5.75 Å². The zero-order valence-corrected chi connectivity index (χ0v) is 11.4. The number of nitrogens with one attached hydrogen (secondary N) is 1. The van der Waals surface area contributed by atoms with Gasteiger partial charge in [0, 0.05) is 12.6 Å². The molecule has 2 aromatic carbocycles. The van der Waals surface area contributed by atoms with Crippen LogP contribution in [0.15, 0.2) is 42.5 Å². The molecule has 0 bridgehead atoms. The minimum absolute atomic E-state index is 0.0506. The molecular weight excluding hydrogens is 257 g/mol. The van der Waals surface area contributed by atoms with E-state index < -0.39 is 0 Å². The number of carbonyl (C=O) groups is 1. The Morgan fingerprint density at radius 1 is 1.20 bits per heavy atom. The predicted molar refractivity (Wildman–Crippen MR) is 76.2 cm³/mol. The smallest absolute Gasteiger partial charge is 0.224 e. The van der Waals surface area contributed by atoms with Crippen LogP contribution >= 0.6 is 0 Å². The lowest BCUT2D eigenvalue weighted by Gasteiger charge is -2.07. The predicted octanol–water partition coefficient (Wildman–Crippen LogP) is 2.79. The first-order chi connectivity index (χ1) is 9.63. The molecule has 0 radical (unpaired) electrons. The molecule has 0 aliphatic heterocycles. The Kier molecular flexibility index (Phi) is 4.35. The van der Waals surface area contributed by atoms with Crippen LogP contribution in [-0.4, -0.2) is 20.1 Å². The number of rotatable bonds is 4. The van der Waals surface area contributed by atoms with Crippen molar-refractivity contribution in [1.29, 1.82) is 0 Å². The van der Waals surface area contributed by atoms with Crippen LogP contribution in [-0.2, 0) is 11.2 Å². The van der Waals surface area contributed by atoms with Gasteiger partial charge in [0.25, 0.3) is 0 Å². The summed E-state index contributed by atoms with van der Waals surface area (Å²) in [4.78, 5) is 11.3. The SMILES string of the molecule is CNC(=O)Cc1ccc(-c2cc(OC)ccc2F)cc1. The summed E-state index contributed by atoms with van der Waals surface area (Å²) < 4.78 is 18.9. The molecule has 1 amide bonds. The molecule has 0 unspecified atom stereocenters. The number of likely N-dealkylation sites (N-methyl/N-ethyl adjacent to an activating group) is 1. The topological polar surface area (TPSA) is 38.3 Å². The second kappa shape index (κ2) is 6.19. The first-order valence-electron chi connectivity index (χ1n) is 6.27. The third-order valence-corrected chi connectivity index (χ3v) is 3.08. The van der Waals surface area contributed by atoms with Gasteiger partial charge in [-0.1, -0.05) is 24.3 Å². The number of hydrogen-bond donors (Lipinski definition) is 1. The molecule has 0 aromatic heterocycles. The van der Waals surface area contributed by atoms with Gasteiger partial charge in [-0.2, -0.15) is 0 Å². The van der Waals surface area contributed by atoms with E-state index in [2.05, 4.69) is 5.32 Å². The molecule has 0 saturated heterocycles. The average Bonchev–Trinajstić information content (AvgIpc) is 2.48.